The summed E-state index contributed by atoms with van der Waals surface area (Å²) in [7, 11) is 0. The fourth-order valence-electron chi connectivity index (χ4n) is 3.58. The number of carbonyl (C=O) groups excluding carboxylic acids is 1. The molecule has 2 aromatic rings. The van der Waals surface area contributed by atoms with Gasteiger partial charge in [-0.2, -0.15) is 0 Å². The largest absolute Gasteiger partial charge is 0.461 e. The quantitative estimate of drug-likeness (QED) is 0.772. The Balaban J connectivity index is 1.59. The maximum Gasteiger partial charge on any atom is 0.310 e. The Hall–Kier alpha value is -2.13. The van der Waals surface area contributed by atoms with E-state index in [-0.39, 0.29) is 17.9 Å². The molecule has 2 aromatic carbocycles. The van der Waals surface area contributed by atoms with Crippen molar-refractivity contribution in [3.63, 3.8) is 0 Å². The van der Waals surface area contributed by atoms with Crippen molar-refractivity contribution in [2.75, 3.05) is 6.54 Å². The Labute approximate surface area is 144 Å². The minimum atomic E-state index is -0.0749. The lowest BCUT2D eigenvalue weighted by Gasteiger charge is -2.30. The van der Waals surface area contributed by atoms with Crippen LogP contribution in [0, 0.1) is 5.92 Å². The first-order chi connectivity index (χ1) is 11.7. The van der Waals surface area contributed by atoms with E-state index in [2.05, 4.69) is 43.0 Å². The summed E-state index contributed by atoms with van der Waals surface area (Å²) in [5.41, 5.74) is 2.33. The Bertz CT molecular complexity index is 656. The van der Waals surface area contributed by atoms with E-state index in [0.29, 0.717) is 12.6 Å². The van der Waals surface area contributed by atoms with Gasteiger partial charge in [0.25, 0.3) is 0 Å². The van der Waals surface area contributed by atoms with Crippen LogP contribution < -0.4 is 0 Å². The monoisotopic (exact) mass is 323 g/mol. The number of benzene rings is 2. The molecular formula is C21H25NO2. The van der Waals surface area contributed by atoms with E-state index in [9.17, 15) is 4.79 Å². The topological polar surface area (TPSA) is 29.5 Å². The molecule has 3 rings (SSSR count). The number of rotatable bonds is 5. The summed E-state index contributed by atoms with van der Waals surface area (Å²) >= 11 is 0. The summed E-state index contributed by atoms with van der Waals surface area (Å²) in [5, 5.41) is 0. The predicted octanol–water partition coefficient (Wildman–Crippen LogP) is 4.20. The number of likely N-dealkylation sites (tertiary alicyclic amines) is 1. The zero-order valence-electron chi connectivity index (χ0n) is 14.4. The maximum absolute atomic E-state index is 12.5. The second-order valence-corrected chi connectivity index (χ2v) is 6.55. The zero-order valence-corrected chi connectivity index (χ0v) is 14.4. The fraction of sp³-hybridized carbons (Fsp3) is 0.381. The first-order valence-corrected chi connectivity index (χ1v) is 8.68. The molecule has 0 aromatic heterocycles. The smallest absolute Gasteiger partial charge is 0.310 e. The van der Waals surface area contributed by atoms with Gasteiger partial charge in [0, 0.05) is 12.1 Å². The molecule has 0 amide bonds. The van der Waals surface area contributed by atoms with Crippen LogP contribution in [0.1, 0.15) is 37.4 Å². The molecular weight excluding hydrogens is 298 g/mol. The van der Waals surface area contributed by atoms with Gasteiger partial charge in [-0.1, -0.05) is 60.7 Å². The van der Waals surface area contributed by atoms with E-state index in [1.165, 1.54) is 5.56 Å². The van der Waals surface area contributed by atoms with Gasteiger partial charge in [0.15, 0.2) is 0 Å². The highest BCUT2D eigenvalue weighted by Crippen LogP contribution is 2.33. The molecule has 1 heterocycles. The van der Waals surface area contributed by atoms with Gasteiger partial charge < -0.3 is 4.74 Å². The van der Waals surface area contributed by atoms with Crippen molar-refractivity contribution in [2.24, 2.45) is 5.92 Å². The highest BCUT2D eigenvalue weighted by Gasteiger charge is 2.38. The molecule has 0 spiro atoms. The number of nitrogens with zero attached hydrogens (tertiary/aromatic N) is 1. The number of ether oxygens (including phenoxy) is 1. The van der Waals surface area contributed by atoms with Crippen LogP contribution >= 0.6 is 0 Å². The van der Waals surface area contributed by atoms with Crippen LogP contribution in [-0.2, 0) is 16.1 Å². The minimum Gasteiger partial charge on any atom is -0.461 e. The summed E-state index contributed by atoms with van der Waals surface area (Å²) in [6.07, 6.45) is 0.867. The molecule has 1 saturated heterocycles. The summed E-state index contributed by atoms with van der Waals surface area (Å²) in [4.78, 5) is 14.9. The van der Waals surface area contributed by atoms with Gasteiger partial charge in [-0.05, 0) is 37.9 Å². The lowest BCUT2D eigenvalue weighted by Crippen LogP contribution is -2.35. The predicted molar refractivity (Wildman–Crippen MR) is 95.4 cm³/mol. The second kappa shape index (κ2) is 7.63. The van der Waals surface area contributed by atoms with Crippen LogP contribution in [0.3, 0.4) is 0 Å². The summed E-state index contributed by atoms with van der Waals surface area (Å²) in [6, 6.07) is 20.8. The number of esters is 1. The van der Waals surface area contributed by atoms with Crippen molar-refractivity contribution in [2.45, 2.75) is 39.0 Å². The molecule has 3 nitrogen and oxygen atoms in total. The van der Waals surface area contributed by atoms with Gasteiger partial charge in [0.2, 0.25) is 0 Å². The molecule has 0 radical (unpaired) electrons. The van der Waals surface area contributed by atoms with Crippen LogP contribution in [0.15, 0.2) is 60.7 Å². The summed E-state index contributed by atoms with van der Waals surface area (Å²) in [5.74, 6) is -0.117. The molecule has 1 aliphatic heterocycles. The van der Waals surface area contributed by atoms with E-state index < -0.39 is 0 Å². The molecule has 126 valence electrons. The Morgan fingerprint density at radius 2 is 1.75 bits per heavy atom. The van der Waals surface area contributed by atoms with Gasteiger partial charge in [0.1, 0.15) is 6.61 Å². The Morgan fingerprint density at radius 1 is 1.12 bits per heavy atom. The third-order valence-corrected chi connectivity index (χ3v) is 5.11. The number of carbonyl (C=O) groups is 1. The van der Waals surface area contributed by atoms with Crippen LogP contribution in [0.25, 0.3) is 0 Å². The highest BCUT2D eigenvalue weighted by molar-refractivity contribution is 5.73. The van der Waals surface area contributed by atoms with Crippen molar-refractivity contribution in [1.29, 1.82) is 0 Å². The molecule has 3 atom stereocenters. The molecule has 0 unspecified atom stereocenters. The molecule has 0 bridgehead atoms. The van der Waals surface area contributed by atoms with Crippen LogP contribution in [-0.4, -0.2) is 23.5 Å². The van der Waals surface area contributed by atoms with Crippen molar-refractivity contribution in [3.05, 3.63) is 71.8 Å². The molecule has 24 heavy (non-hydrogen) atoms. The third-order valence-electron chi connectivity index (χ3n) is 5.11. The van der Waals surface area contributed by atoms with Crippen molar-refractivity contribution < 1.29 is 9.53 Å². The zero-order chi connectivity index (χ0) is 16.9. The van der Waals surface area contributed by atoms with Gasteiger partial charge in [-0.3, -0.25) is 9.69 Å². The molecule has 0 N–H and O–H groups in total. The second-order valence-electron chi connectivity index (χ2n) is 6.55. The molecule has 1 fully saturated rings. The fourth-order valence-corrected chi connectivity index (χ4v) is 3.58. The van der Waals surface area contributed by atoms with Crippen molar-refractivity contribution in [1.82, 2.24) is 4.90 Å². The van der Waals surface area contributed by atoms with Crippen LogP contribution in [0.2, 0.25) is 0 Å². The molecule has 0 aliphatic carbocycles. The lowest BCUT2D eigenvalue weighted by atomic mass is 10.0. The van der Waals surface area contributed by atoms with Crippen LogP contribution in [0.4, 0.5) is 0 Å². The van der Waals surface area contributed by atoms with Crippen LogP contribution in [0.5, 0.6) is 0 Å². The van der Waals surface area contributed by atoms with Gasteiger partial charge >= 0.3 is 5.97 Å². The highest BCUT2D eigenvalue weighted by atomic mass is 16.5. The van der Waals surface area contributed by atoms with E-state index >= 15 is 0 Å². The standard InChI is InChI=1S/C21H25NO2/c1-16(19-11-7-4-8-12-19)22-14-13-20(17(22)2)21(23)24-15-18-9-5-3-6-10-18/h3-12,16-17,20H,13-15H2,1-2H3/t16-,17-,20-/m0/s1. The van der Waals surface area contributed by atoms with E-state index in [4.69, 9.17) is 4.74 Å². The third kappa shape index (κ3) is 3.68. The molecule has 1 aliphatic rings. The van der Waals surface area contributed by atoms with E-state index in [1.54, 1.807) is 0 Å². The van der Waals surface area contributed by atoms with Crippen molar-refractivity contribution in [3.8, 4) is 0 Å². The Morgan fingerprint density at radius 3 is 2.42 bits per heavy atom. The van der Waals surface area contributed by atoms with E-state index in [0.717, 1.165) is 18.5 Å². The summed E-state index contributed by atoms with van der Waals surface area (Å²) in [6.45, 7) is 5.64. The maximum atomic E-state index is 12.5. The number of hydrogen-bond donors (Lipinski definition) is 0. The van der Waals surface area contributed by atoms with E-state index in [1.807, 2.05) is 36.4 Å². The number of hydrogen-bond acceptors (Lipinski definition) is 3. The minimum absolute atomic E-state index is 0.0418. The first kappa shape index (κ1) is 16.7. The van der Waals surface area contributed by atoms with Gasteiger partial charge in [0.05, 0.1) is 5.92 Å². The van der Waals surface area contributed by atoms with Crippen molar-refractivity contribution >= 4 is 5.97 Å². The van der Waals surface area contributed by atoms with Gasteiger partial charge in [-0.15, -0.1) is 0 Å². The average Bonchev–Trinajstić information content (AvgIpc) is 3.02. The Kier molecular flexibility index (Phi) is 5.31. The average molecular weight is 323 g/mol. The normalized spacial score (nSPS) is 22.2. The van der Waals surface area contributed by atoms with Gasteiger partial charge in [-0.25, -0.2) is 0 Å². The molecule has 3 heteroatoms. The lowest BCUT2D eigenvalue weighted by molar-refractivity contribution is -0.150. The SMILES string of the molecule is C[C@@H](c1ccccc1)N1CC[C@H](C(=O)OCc2ccccc2)[C@@H]1C. The molecule has 0 saturated carbocycles. The first-order valence-electron chi connectivity index (χ1n) is 8.68. The summed E-state index contributed by atoms with van der Waals surface area (Å²) < 4.78 is 5.55.